The minimum absolute atomic E-state index is 0.114. The number of nitrogens with one attached hydrogen (secondary N) is 2. The topological polar surface area (TPSA) is 49.8 Å². The summed E-state index contributed by atoms with van der Waals surface area (Å²) in [6, 6.07) is 7.88. The van der Waals surface area contributed by atoms with Crippen molar-refractivity contribution in [2.75, 3.05) is 7.05 Å². The van der Waals surface area contributed by atoms with Gasteiger partial charge in [0.15, 0.2) is 0 Å². The SMILES string of the molecule is CNCc1ccc(-n2cc[nH]c2=O)cc1. The third-order valence-electron chi connectivity index (χ3n) is 2.24. The molecule has 0 atom stereocenters. The third kappa shape index (κ3) is 1.99. The van der Waals surface area contributed by atoms with E-state index in [2.05, 4.69) is 10.3 Å². The van der Waals surface area contributed by atoms with E-state index in [1.165, 1.54) is 5.56 Å². The standard InChI is InChI=1S/C11H13N3O/c1-12-8-9-2-4-10(5-3-9)14-7-6-13-11(14)15/h2-7,12H,8H2,1H3,(H,13,15). The summed E-state index contributed by atoms with van der Waals surface area (Å²) in [5.41, 5.74) is 1.96. The summed E-state index contributed by atoms with van der Waals surface area (Å²) in [6.45, 7) is 0.836. The smallest absolute Gasteiger partial charge is 0.316 e. The van der Waals surface area contributed by atoms with Gasteiger partial charge in [-0.1, -0.05) is 12.1 Å². The van der Waals surface area contributed by atoms with Gasteiger partial charge in [-0.25, -0.2) is 4.79 Å². The van der Waals surface area contributed by atoms with Gasteiger partial charge in [-0.3, -0.25) is 4.57 Å². The Morgan fingerprint density at radius 3 is 2.60 bits per heavy atom. The van der Waals surface area contributed by atoms with Gasteiger partial charge in [0.1, 0.15) is 0 Å². The molecule has 1 heterocycles. The van der Waals surface area contributed by atoms with E-state index in [0.717, 1.165) is 12.2 Å². The van der Waals surface area contributed by atoms with Crippen molar-refractivity contribution in [3.63, 3.8) is 0 Å². The van der Waals surface area contributed by atoms with E-state index in [1.807, 2.05) is 31.3 Å². The van der Waals surface area contributed by atoms with Gasteiger partial charge < -0.3 is 10.3 Å². The van der Waals surface area contributed by atoms with Crippen LogP contribution in [0.3, 0.4) is 0 Å². The van der Waals surface area contributed by atoms with Crippen molar-refractivity contribution < 1.29 is 0 Å². The Balaban J connectivity index is 2.32. The molecule has 0 aliphatic heterocycles. The Kier molecular flexibility index (Phi) is 2.69. The number of hydrogen-bond donors (Lipinski definition) is 2. The molecule has 2 rings (SSSR count). The highest BCUT2D eigenvalue weighted by Gasteiger charge is 1.99. The second-order valence-electron chi connectivity index (χ2n) is 3.33. The zero-order chi connectivity index (χ0) is 10.7. The highest BCUT2D eigenvalue weighted by Crippen LogP contribution is 2.07. The predicted octanol–water partition coefficient (Wildman–Crippen LogP) is 0.885. The monoisotopic (exact) mass is 203 g/mol. The molecule has 1 aromatic heterocycles. The normalized spacial score (nSPS) is 10.5. The molecular formula is C11H13N3O. The lowest BCUT2D eigenvalue weighted by Gasteiger charge is -2.03. The predicted molar refractivity (Wildman–Crippen MR) is 59.2 cm³/mol. The second kappa shape index (κ2) is 4.14. The summed E-state index contributed by atoms with van der Waals surface area (Å²) >= 11 is 0. The second-order valence-corrected chi connectivity index (χ2v) is 3.33. The van der Waals surface area contributed by atoms with Crippen molar-refractivity contribution in [1.82, 2.24) is 14.9 Å². The lowest BCUT2D eigenvalue weighted by atomic mass is 10.2. The van der Waals surface area contributed by atoms with E-state index in [0.29, 0.717) is 0 Å². The number of nitrogens with zero attached hydrogens (tertiary/aromatic N) is 1. The number of aromatic nitrogens is 2. The van der Waals surface area contributed by atoms with Crippen LogP contribution in [0.2, 0.25) is 0 Å². The molecule has 0 aliphatic rings. The fourth-order valence-corrected chi connectivity index (χ4v) is 1.50. The summed E-state index contributed by atoms with van der Waals surface area (Å²) in [5, 5.41) is 3.07. The van der Waals surface area contributed by atoms with Crippen molar-refractivity contribution in [2.45, 2.75) is 6.54 Å². The molecule has 2 aromatic rings. The Morgan fingerprint density at radius 2 is 2.07 bits per heavy atom. The first-order valence-electron chi connectivity index (χ1n) is 4.81. The summed E-state index contributed by atoms with van der Waals surface area (Å²) in [5.74, 6) is 0. The van der Waals surface area contributed by atoms with Crippen LogP contribution in [0.15, 0.2) is 41.5 Å². The molecule has 0 spiro atoms. The highest BCUT2D eigenvalue weighted by atomic mass is 16.1. The van der Waals surface area contributed by atoms with Crippen molar-refractivity contribution >= 4 is 0 Å². The van der Waals surface area contributed by atoms with Crippen LogP contribution in [0.4, 0.5) is 0 Å². The number of imidazole rings is 1. The van der Waals surface area contributed by atoms with Crippen LogP contribution in [0, 0.1) is 0 Å². The quantitative estimate of drug-likeness (QED) is 0.778. The van der Waals surface area contributed by atoms with Crippen molar-refractivity contribution in [1.29, 1.82) is 0 Å². The molecule has 0 fully saturated rings. The van der Waals surface area contributed by atoms with Gasteiger partial charge in [0.2, 0.25) is 0 Å². The minimum atomic E-state index is -0.114. The first-order valence-corrected chi connectivity index (χ1v) is 4.81. The van der Waals surface area contributed by atoms with Crippen molar-refractivity contribution in [3.05, 3.63) is 52.7 Å². The van der Waals surface area contributed by atoms with Gasteiger partial charge in [0.05, 0.1) is 5.69 Å². The van der Waals surface area contributed by atoms with E-state index < -0.39 is 0 Å². The fraction of sp³-hybridized carbons (Fsp3) is 0.182. The molecule has 0 amide bonds. The zero-order valence-electron chi connectivity index (χ0n) is 8.53. The number of H-pyrrole nitrogens is 1. The van der Waals surface area contributed by atoms with Crippen molar-refractivity contribution in [3.8, 4) is 5.69 Å². The fourth-order valence-electron chi connectivity index (χ4n) is 1.50. The molecule has 4 heteroatoms. The van der Waals surface area contributed by atoms with Crippen LogP contribution in [-0.4, -0.2) is 16.6 Å². The molecular weight excluding hydrogens is 190 g/mol. The Bertz CT molecular complexity index is 481. The Labute approximate surface area is 87.6 Å². The van der Waals surface area contributed by atoms with Gasteiger partial charge in [-0.2, -0.15) is 0 Å². The highest BCUT2D eigenvalue weighted by molar-refractivity contribution is 5.34. The van der Waals surface area contributed by atoms with Crippen molar-refractivity contribution in [2.24, 2.45) is 0 Å². The van der Waals surface area contributed by atoms with Crippen LogP contribution in [0.1, 0.15) is 5.56 Å². The molecule has 0 unspecified atom stereocenters. The molecule has 0 aliphatic carbocycles. The number of hydrogen-bond acceptors (Lipinski definition) is 2. The van der Waals surface area contributed by atoms with E-state index in [4.69, 9.17) is 0 Å². The molecule has 0 saturated heterocycles. The number of rotatable bonds is 3. The lowest BCUT2D eigenvalue weighted by Crippen LogP contribution is -2.14. The molecule has 0 radical (unpaired) electrons. The zero-order valence-corrected chi connectivity index (χ0v) is 8.53. The van der Waals surface area contributed by atoms with Gasteiger partial charge in [0.25, 0.3) is 0 Å². The molecule has 4 nitrogen and oxygen atoms in total. The van der Waals surface area contributed by atoms with Gasteiger partial charge in [0, 0.05) is 18.9 Å². The minimum Gasteiger partial charge on any atom is -0.316 e. The maximum absolute atomic E-state index is 11.3. The van der Waals surface area contributed by atoms with Gasteiger partial charge in [-0.05, 0) is 24.7 Å². The molecule has 2 N–H and O–H groups in total. The maximum atomic E-state index is 11.3. The molecule has 78 valence electrons. The number of aromatic amines is 1. The summed E-state index contributed by atoms with van der Waals surface area (Å²) < 4.78 is 1.57. The van der Waals surface area contributed by atoms with E-state index in [-0.39, 0.29) is 5.69 Å². The van der Waals surface area contributed by atoms with E-state index in [9.17, 15) is 4.79 Å². The van der Waals surface area contributed by atoms with Crippen LogP contribution in [0.25, 0.3) is 5.69 Å². The van der Waals surface area contributed by atoms with E-state index in [1.54, 1.807) is 17.0 Å². The average Bonchev–Trinajstić information content (AvgIpc) is 2.66. The average molecular weight is 203 g/mol. The Hall–Kier alpha value is -1.81. The first-order chi connectivity index (χ1) is 7.31. The molecule has 0 bridgehead atoms. The van der Waals surface area contributed by atoms with Crippen LogP contribution in [0.5, 0.6) is 0 Å². The maximum Gasteiger partial charge on any atom is 0.330 e. The summed E-state index contributed by atoms with van der Waals surface area (Å²) in [4.78, 5) is 13.9. The Morgan fingerprint density at radius 1 is 1.33 bits per heavy atom. The number of benzene rings is 1. The largest absolute Gasteiger partial charge is 0.330 e. The van der Waals surface area contributed by atoms with Crippen LogP contribution >= 0.6 is 0 Å². The van der Waals surface area contributed by atoms with E-state index >= 15 is 0 Å². The molecule has 15 heavy (non-hydrogen) atoms. The summed E-state index contributed by atoms with van der Waals surface area (Å²) in [7, 11) is 1.91. The van der Waals surface area contributed by atoms with Crippen LogP contribution < -0.4 is 11.0 Å². The summed E-state index contributed by atoms with van der Waals surface area (Å²) in [6.07, 6.45) is 3.35. The van der Waals surface area contributed by atoms with Gasteiger partial charge in [-0.15, -0.1) is 0 Å². The van der Waals surface area contributed by atoms with Gasteiger partial charge >= 0.3 is 5.69 Å². The molecule has 1 aromatic carbocycles. The lowest BCUT2D eigenvalue weighted by molar-refractivity contribution is 0.817. The molecule has 0 saturated carbocycles. The first kappa shape index (κ1) is 9.73. The third-order valence-corrected chi connectivity index (χ3v) is 2.24. The van der Waals surface area contributed by atoms with Crippen LogP contribution in [-0.2, 0) is 6.54 Å².